The molecular weight excluding hydrogens is 304 g/mol. The Labute approximate surface area is 122 Å². The lowest BCUT2D eigenvalue weighted by Gasteiger charge is -2.36. The van der Waals surface area contributed by atoms with E-state index in [1.165, 1.54) is 10.0 Å². The fourth-order valence-electron chi connectivity index (χ4n) is 2.59. The van der Waals surface area contributed by atoms with E-state index in [2.05, 4.69) is 44.8 Å². The standard InChI is InChI=1S/C15H19BrN2O/c16-14-4-2-1-3-13(14)10-7-12(8-10)17-9-15(19)18-11-5-6-11/h1-4,10-12,17H,5-9H2,(H,18,19). The summed E-state index contributed by atoms with van der Waals surface area (Å²) < 4.78 is 1.20. The molecule has 2 fully saturated rings. The van der Waals surface area contributed by atoms with Gasteiger partial charge in [-0.05, 0) is 43.2 Å². The van der Waals surface area contributed by atoms with Crippen LogP contribution in [0.2, 0.25) is 0 Å². The minimum atomic E-state index is 0.145. The van der Waals surface area contributed by atoms with Gasteiger partial charge < -0.3 is 10.6 Å². The predicted molar refractivity (Wildman–Crippen MR) is 79.1 cm³/mol. The average molecular weight is 323 g/mol. The zero-order valence-electron chi connectivity index (χ0n) is 10.9. The van der Waals surface area contributed by atoms with Crippen molar-refractivity contribution in [2.24, 2.45) is 0 Å². The Bertz CT molecular complexity index is 467. The molecule has 2 aliphatic carbocycles. The number of benzene rings is 1. The summed E-state index contributed by atoms with van der Waals surface area (Å²) in [5.41, 5.74) is 1.39. The quantitative estimate of drug-likeness (QED) is 0.874. The lowest BCUT2D eigenvalue weighted by atomic mass is 9.76. The normalized spacial score (nSPS) is 25.7. The molecule has 1 aromatic carbocycles. The maximum atomic E-state index is 11.6. The second-order valence-electron chi connectivity index (χ2n) is 5.61. The van der Waals surface area contributed by atoms with Crippen molar-refractivity contribution >= 4 is 21.8 Å². The summed E-state index contributed by atoms with van der Waals surface area (Å²) in [7, 11) is 0. The molecule has 0 aliphatic heterocycles. The summed E-state index contributed by atoms with van der Waals surface area (Å²) in [6.45, 7) is 0.462. The summed E-state index contributed by atoms with van der Waals surface area (Å²) in [4.78, 5) is 11.6. The molecule has 0 saturated heterocycles. The van der Waals surface area contributed by atoms with E-state index in [4.69, 9.17) is 0 Å². The van der Waals surface area contributed by atoms with Crippen LogP contribution in [0.25, 0.3) is 0 Å². The first-order chi connectivity index (χ1) is 9.22. The Kier molecular flexibility index (Phi) is 3.89. The van der Waals surface area contributed by atoms with Gasteiger partial charge in [-0.25, -0.2) is 0 Å². The lowest BCUT2D eigenvalue weighted by Crippen LogP contribution is -2.45. The van der Waals surface area contributed by atoms with Crippen molar-refractivity contribution in [3.8, 4) is 0 Å². The summed E-state index contributed by atoms with van der Waals surface area (Å²) in [6.07, 6.45) is 4.55. The molecule has 0 atom stereocenters. The first-order valence-corrected chi connectivity index (χ1v) is 7.79. The highest BCUT2D eigenvalue weighted by Gasteiger charge is 2.31. The van der Waals surface area contributed by atoms with Crippen LogP contribution in [0.1, 0.15) is 37.2 Å². The van der Waals surface area contributed by atoms with Gasteiger partial charge in [0.1, 0.15) is 0 Å². The molecule has 2 N–H and O–H groups in total. The van der Waals surface area contributed by atoms with E-state index in [9.17, 15) is 4.79 Å². The first-order valence-electron chi connectivity index (χ1n) is 6.99. The Morgan fingerprint density at radius 1 is 1.21 bits per heavy atom. The maximum absolute atomic E-state index is 11.6. The van der Waals surface area contributed by atoms with Crippen LogP contribution in [0, 0.1) is 0 Å². The van der Waals surface area contributed by atoms with Crippen molar-refractivity contribution < 1.29 is 4.79 Å². The van der Waals surface area contributed by atoms with Crippen LogP contribution in [0.5, 0.6) is 0 Å². The van der Waals surface area contributed by atoms with E-state index < -0.39 is 0 Å². The molecule has 0 unspecified atom stereocenters. The molecule has 3 rings (SSSR count). The van der Waals surface area contributed by atoms with Crippen molar-refractivity contribution in [3.63, 3.8) is 0 Å². The van der Waals surface area contributed by atoms with Gasteiger partial charge in [0.15, 0.2) is 0 Å². The largest absolute Gasteiger partial charge is 0.352 e. The highest BCUT2D eigenvalue weighted by molar-refractivity contribution is 9.10. The molecule has 4 heteroatoms. The molecular formula is C15H19BrN2O. The lowest BCUT2D eigenvalue weighted by molar-refractivity contribution is -0.120. The van der Waals surface area contributed by atoms with E-state index in [-0.39, 0.29) is 5.91 Å². The molecule has 19 heavy (non-hydrogen) atoms. The Balaban J connectivity index is 1.40. The third-order valence-corrected chi connectivity index (χ3v) is 4.70. The summed E-state index contributed by atoms with van der Waals surface area (Å²) >= 11 is 3.60. The molecule has 3 nitrogen and oxygen atoms in total. The number of halogens is 1. The van der Waals surface area contributed by atoms with Crippen molar-refractivity contribution in [2.45, 2.75) is 43.7 Å². The third-order valence-electron chi connectivity index (χ3n) is 3.98. The van der Waals surface area contributed by atoms with Crippen LogP contribution in [-0.4, -0.2) is 24.5 Å². The second-order valence-corrected chi connectivity index (χ2v) is 6.46. The molecule has 0 heterocycles. The third kappa shape index (κ3) is 3.37. The van der Waals surface area contributed by atoms with Crippen LogP contribution in [0.15, 0.2) is 28.7 Å². The van der Waals surface area contributed by atoms with Crippen LogP contribution < -0.4 is 10.6 Å². The molecule has 1 aromatic rings. The van der Waals surface area contributed by atoms with Gasteiger partial charge in [0, 0.05) is 16.6 Å². The summed E-state index contributed by atoms with van der Waals surface area (Å²) in [5, 5.41) is 6.34. The van der Waals surface area contributed by atoms with E-state index >= 15 is 0 Å². The van der Waals surface area contributed by atoms with E-state index in [1.807, 2.05) is 6.07 Å². The summed E-state index contributed by atoms with van der Waals surface area (Å²) in [5.74, 6) is 0.770. The minimum Gasteiger partial charge on any atom is -0.352 e. The maximum Gasteiger partial charge on any atom is 0.234 e. The van der Waals surface area contributed by atoms with E-state index in [0.29, 0.717) is 24.5 Å². The van der Waals surface area contributed by atoms with Gasteiger partial charge >= 0.3 is 0 Å². The number of hydrogen-bond acceptors (Lipinski definition) is 2. The van der Waals surface area contributed by atoms with Gasteiger partial charge in [0.25, 0.3) is 0 Å². The predicted octanol–water partition coefficient (Wildman–Crippen LogP) is 2.56. The Hall–Kier alpha value is -0.870. The number of rotatable bonds is 5. The molecule has 2 saturated carbocycles. The van der Waals surface area contributed by atoms with Crippen LogP contribution in [-0.2, 0) is 4.79 Å². The fourth-order valence-corrected chi connectivity index (χ4v) is 3.20. The van der Waals surface area contributed by atoms with Crippen LogP contribution in [0.3, 0.4) is 0 Å². The molecule has 102 valence electrons. The van der Waals surface area contributed by atoms with Gasteiger partial charge in [0.05, 0.1) is 6.54 Å². The molecule has 0 aromatic heterocycles. The van der Waals surface area contributed by atoms with Crippen molar-refractivity contribution in [1.82, 2.24) is 10.6 Å². The topological polar surface area (TPSA) is 41.1 Å². The number of carbonyl (C=O) groups is 1. The van der Waals surface area contributed by atoms with Gasteiger partial charge in [-0.2, -0.15) is 0 Å². The van der Waals surface area contributed by atoms with Crippen LogP contribution >= 0.6 is 15.9 Å². The van der Waals surface area contributed by atoms with Crippen molar-refractivity contribution in [2.75, 3.05) is 6.54 Å². The molecule has 2 aliphatic rings. The monoisotopic (exact) mass is 322 g/mol. The average Bonchev–Trinajstić information content (AvgIpc) is 3.13. The van der Waals surface area contributed by atoms with E-state index in [0.717, 1.165) is 25.7 Å². The number of carbonyl (C=O) groups excluding carboxylic acids is 1. The SMILES string of the molecule is O=C(CNC1CC(c2ccccc2Br)C1)NC1CC1. The van der Waals surface area contributed by atoms with Crippen molar-refractivity contribution in [3.05, 3.63) is 34.3 Å². The highest BCUT2D eigenvalue weighted by Crippen LogP contribution is 2.39. The second kappa shape index (κ2) is 5.63. The minimum absolute atomic E-state index is 0.145. The highest BCUT2D eigenvalue weighted by atomic mass is 79.9. The summed E-state index contributed by atoms with van der Waals surface area (Å²) in [6, 6.07) is 9.36. The van der Waals surface area contributed by atoms with Gasteiger partial charge in [-0.3, -0.25) is 4.79 Å². The number of hydrogen-bond donors (Lipinski definition) is 2. The Morgan fingerprint density at radius 3 is 2.63 bits per heavy atom. The molecule has 0 radical (unpaired) electrons. The van der Waals surface area contributed by atoms with E-state index in [1.54, 1.807) is 0 Å². The van der Waals surface area contributed by atoms with Crippen LogP contribution in [0.4, 0.5) is 0 Å². The van der Waals surface area contributed by atoms with Gasteiger partial charge in [-0.15, -0.1) is 0 Å². The number of nitrogens with one attached hydrogen (secondary N) is 2. The van der Waals surface area contributed by atoms with Crippen molar-refractivity contribution in [1.29, 1.82) is 0 Å². The van der Waals surface area contributed by atoms with Gasteiger partial charge in [0.2, 0.25) is 5.91 Å². The first kappa shape index (κ1) is 13.1. The fraction of sp³-hybridized carbons (Fsp3) is 0.533. The molecule has 0 spiro atoms. The zero-order valence-corrected chi connectivity index (χ0v) is 12.4. The smallest absolute Gasteiger partial charge is 0.234 e. The van der Waals surface area contributed by atoms with Gasteiger partial charge in [-0.1, -0.05) is 34.1 Å². The Morgan fingerprint density at radius 2 is 1.95 bits per heavy atom. The molecule has 0 bridgehead atoms. The number of amides is 1. The zero-order chi connectivity index (χ0) is 13.2. The molecule has 1 amide bonds.